The molecule has 0 aliphatic rings. The highest BCUT2D eigenvalue weighted by Crippen LogP contribution is 2.23. The maximum Gasteiger partial charge on any atom is 0.243 e. The van der Waals surface area contributed by atoms with Crippen LogP contribution < -0.4 is 9.62 Å². The highest BCUT2D eigenvalue weighted by atomic mass is 35.5. The van der Waals surface area contributed by atoms with E-state index in [1.807, 2.05) is 19.1 Å². The molecular weight excluding hydrogens is 407 g/mol. The first-order valence-electron chi connectivity index (χ1n) is 8.43. The second-order valence-electron chi connectivity index (χ2n) is 6.21. The van der Waals surface area contributed by atoms with Crippen LogP contribution in [0.4, 0.5) is 5.69 Å². The minimum Gasteiger partial charge on any atom is -0.350 e. The number of carbonyl (C=O) groups is 1. The van der Waals surface area contributed by atoms with E-state index in [0.29, 0.717) is 21.3 Å². The van der Waals surface area contributed by atoms with Crippen molar-refractivity contribution in [1.29, 1.82) is 0 Å². The molecule has 0 fully saturated rings. The Morgan fingerprint density at radius 3 is 2.30 bits per heavy atom. The Morgan fingerprint density at radius 2 is 1.78 bits per heavy atom. The van der Waals surface area contributed by atoms with Crippen LogP contribution in [0.1, 0.15) is 25.0 Å². The van der Waals surface area contributed by atoms with Crippen LogP contribution in [0.5, 0.6) is 0 Å². The van der Waals surface area contributed by atoms with E-state index in [1.54, 1.807) is 37.3 Å². The van der Waals surface area contributed by atoms with E-state index in [1.165, 1.54) is 0 Å². The predicted molar refractivity (Wildman–Crippen MR) is 111 cm³/mol. The second-order valence-corrected chi connectivity index (χ2v) is 8.91. The summed E-state index contributed by atoms with van der Waals surface area (Å²) in [6.07, 6.45) is 1.93. The molecular formula is C19H22Cl2N2O3S. The van der Waals surface area contributed by atoms with Crippen LogP contribution >= 0.6 is 23.2 Å². The Balaban J connectivity index is 2.18. The molecule has 0 saturated carbocycles. The molecule has 0 spiro atoms. The average molecular weight is 429 g/mol. The summed E-state index contributed by atoms with van der Waals surface area (Å²) in [5, 5.41) is 3.67. The number of sulfonamides is 1. The molecule has 2 rings (SSSR count). The Bertz CT molecular complexity index is 915. The Hall–Kier alpha value is -1.76. The first kappa shape index (κ1) is 21.5. The van der Waals surface area contributed by atoms with E-state index < -0.39 is 22.0 Å². The largest absolute Gasteiger partial charge is 0.350 e. The lowest BCUT2D eigenvalue weighted by atomic mass is 10.1. The second kappa shape index (κ2) is 8.95. The molecule has 27 heavy (non-hydrogen) atoms. The smallest absolute Gasteiger partial charge is 0.243 e. The number of halogens is 2. The van der Waals surface area contributed by atoms with Gasteiger partial charge in [0, 0.05) is 16.6 Å². The van der Waals surface area contributed by atoms with Crippen molar-refractivity contribution in [3.8, 4) is 0 Å². The van der Waals surface area contributed by atoms with E-state index in [4.69, 9.17) is 23.2 Å². The number of nitrogens with zero attached hydrogens (tertiary/aromatic N) is 1. The third-order valence-electron chi connectivity index (χ3n) is 4.16. The zero-order valence-corrected chi connectivity index (χ0v) is 17.7. The standard InChI is InChI=1S/C19H22Cl2N2O3S/c1-4-14-5-9-17(10-6-14)23(27(3,25)26)13(2)19(24)22-12-15-7-8-16(20)11-18(15)21/h5-11,13H,4,12H2,1-3H3,(H,22,24)/t13-/m1/s1. The van der Waals surface area contributed by atoms with Gasteiger partial charge in [0.15, 0.2) is 0 Å². The number of benzene rings is 2. The summed E-state index contributed by atoms with van der Waals surface area (Å²) in [6.45, 7) is 3.74. The van der Waals surface area contributed by atoms with Gasteiger partial charge in [-0.1, -0.05) is 48.3 Å². The number of hydrogen-bond acceptors (Lipinski definition) is 3. The van der Waals surface area contributed by atoms with Gasteiger partial charge in [-0.3, -0.25) is 9.10 Å². The van der Waals surface area contributed by atoms with Gasteiger partial charge < -0.3 is 5.32 Å². The molecule has 0 aliphatic heterocycles. The molecule has 146 valence electrons. The van der Waals surface area contributed by atoms with Crippen LogP contribution in [-0.2, 0) is 27.8 Å². The van der Waals surface area contributed by atoms with Crippen molar-refractivity contribution >= 4 is 44.8 Å². The molecule has 0 aliphatic carbocycles. The van der Waals surface area contributed by atoms with Crippen molar-refractivity contribution < 1.29 is 13.2 Å². The molecule has 0 unspecified atom stereocenters. The maximum absolute atomic E-state index is 12.6. The Kier molecular flexibility index (Phi) is 7.14. The molecule has 0 radical (unpaired) electrons. The highest BCUT2D eigenvalue weighted by molar-refractivity contribution is 7.92. The van der Waals surface area contributed by atoms with Gasteiger partial charge in [0.1, 0.15) is 6.04 Å². The van der Waals surface area contributed by atoms with Crippen LogP contribution in [-0.4, -0.2) is 26.6 Å². The van der Waals surface area contributed by atoms with Crippen molar-refractivity contribution in [2.75, 3.05) is 10.6 Å². The molecule has 1 N–H and O–H groups in total. The van der Waals surface area contributed by atoms with E-state index in [0.717, 1.165) is 22.5 Å². The maximum atomic E-state index is 12.6. The molecule has 2 aromatic rings. The van der Waals surface area contributed by atoms with Crippen molar-refractivity contribution in [1.82, 2.24) is 5.32 Å². The number of hydrogen-bond donors (Lipinski definition) is 1. The lowest BCUT2D eigenvalue weighted by molar-refractivity contribution is -0.122. The third kappa shape index (κ3) is 5.61. The highest BCUT2D eigenvalue weighted by Gasteiger charge is 2.29. The summed E-state index contributed by atoms with van der Waals surface area (Å²) >= 11 is 12.0. The summed E-state index contributed by atoms with van der Waals surface area (Å²) < 4.78 is 25.7. The normalized spacial score (nSPS) is 12.5. The fraction of sp³-hybridized carbons (Fsp3) is 0.316. The minimum absolute atomic E-state index is 0.172. The fourth-order valence-electron chi connectivity index (χ4n) is 2.68. The summed E-state index contributed by atoms with van der Waals surface area (Å²) in [5.74, 6) is -0.425. The summed E-state index contributed by atoms with van der Waals surface area (Å²) in [4.78, 5) is 12.6. The van der Waals surface area contributed by atoms with E-state index in [9.17, 15) is 13.2 Å². The first-order chi connectivity index (χ1) is 12.6. The van der Waals surface area contributed by atoms with Gasteiger partial charge in [-0.15, -0.1) is 0 Å². The lowest BCUT2D eigenvalue weighted by Gasteiger charge is -2.28. The summed E-state index contributed by atoms with van der Waals surface area (Å²) in [6, 6.07) is 11.2. The summed E-state index contributed by atoms with van der Waals surface area (Å²) in [7, 11) is -3.65. The molecule has 0 bridgehead atoms. The van der Waals surface area contributed by atoms with Crippen LogP contribution in [0.25, 0.3) is 0 Å². The average Bonchev–Trinajstić information content (AvgIpc) is 2.60. The monoisotopic (exact) mass is 428 g/mol. The van der Waals surface area contributed by atoms with Crippen LogP contribution in [0.2, 0.25) is 10.0 Å². The molecule has 8 heteroatoms. The quantitative estimate of drug-likeness (QED) is 0.723. The molecule has 0 aromatic heterocycles. The topological polar surface area (TPSA) is 66.5 Å². The van der Waals surface area contributed by atoms with Gasteiger partial charge in [0.25, 0.3) is 0 Å². The number of carbonyl (C=O) groups excluding carboxylic acids is 1. The SMILES string of the molecule is CCc1ccc(N([C@H](C)C(=O)NCc2ccc(Cl)cc2Cl)S(C)(=O)=O)cc1. The predicted octanol–water partition coefficient (Wildman–Crippen LogP) is 4.03. The van der Waals surface area contributed by atoms with Gasteiger partial charge in [-0.05, 0) is 48.7 Å². The van der Waals surface area contributed by atoms with E-state index >= 15 is 0 Å². The van der Waals surface area contributed by atoms with E-state index in [2.05, 4.69) is 5.32 Å². The van der Waals surface area contributed by atoms with Crippen LogP contribution in [0.3, 0.4) is 0 Å². The van der Waals surface area contributed by atoms with Crippen molar-refractivity contribution in [2.24, 2.45) is 0 Å². The van der Waals surface area contributed by atoms with Gasteiger partial charge in [-0.2, -0.15) is 0 Å². The molecule has 2 aromatic carbocycles. The number of amides is 1. The minimum atomic E-state index is -3.65. The third-order valence-corrected chi connectivity index (χ3v) is 5.98. The van der Waals surface area contributed by atoms with Gasteiger partial charge in [-0.25, -0.2) is 8.42 Å². The number of nitrogens with one attached hydrogen (secondary N) is 1. The number of aryl methyl sites for hydroxylation is 1. The van der Waals surface area contributed by atoms with Crippen molar-refractivity contribution in [2.45, 2.75) is 32.9 Å². The first-order valence-corrected chi connectivity index (χ1v) is 11.0. The van der Waals surface area contributed by atoms with E-state index in [-0.39, 0.29) is 6.54 Å². The van der Waals surface area contributed by atoms with Gasteiger partial charge in [0.2, 0.25) is 15.9 Å². The fourth-order valence-corrected chi connectivity index (χ4v) is 4.33. The Labute approximate surface area is 170 Å². The van der Waals surface area contributed by atoms with Crippen molar-refractivity contribution in [3.63, 3.8) is 0 Å². The molecule has 1 amide bonds. The van der Waals surface area contributed by atoms with Crippen LogP contribution in [0, 0.1) is 0 Å². The zero-order valence-electron chi connectivity index (χ0n) is 15.4. The van der Waals surface area contributed by atoms with Crippen LogP contribution in [0.15, 0.2) is 42.5 Å². The Morgan fingerprint density at radius 1 is 1.15 bits per heavy atom. The molecule has 0 saturated heterocycles. The number of anilines is 1. The summed E-state index contributed by atoms with van der Waals surface area (Å²) in [5.41, 5.74) is 2.23. The molecule has 5 nitrogen and oxygen atoms in total. The van der Waals surface area contributed by atoms with Crippen molar-refractivity contribution in [3.05, 3.63) is 63.6 Å². The zero-order chi connectivity index (χ0) is 20.2. The molecule has 1 atom stereocenters. The lowest BCUT2D eigenvalue weighted by Crippen LogP contribution is -2.47. The molecule has 0 heterocycles. The number of rotatable bonds is 7. The van der Waals surface area contributed by atoms with Gasteiger partial charge >= 0.3 is 0 Å². The van der Waals surface area contributed by atoms with Gasteiger partial charge in [0.05, 0.1) is 11.9 Å².